The van der Waals surface area contributed by atoms with Gasteiger partial charge < -0.3 is 10.8 Å². The number of rotatable bonds is 3. The number of carboxylic acid groups (broad SMARTS) is 1. The molecule has 1 fully saturated rings. The predicted molar refractivity (Wildman–Crippen MR) is 77.4 cm³/mol. The molecule has 3 N–H and O–H groups in total. The quantitative estimate of drug-likeness (QED) is 0.826. The van der Waals surface area contributed by atoms with Crippen LogP contribution < -0.4 is 5.73 Å². The molecule has 0 amide bonds. The van der Waals surface area contributed by atoms with Gasteiger partial charge in [0, 0.05) is 0 Å². The maximum Gasteiger partial charge on any atom is 0.311 e. The summed E-state index contributed by atoms with van der Waals surface area (Å²) < 4.78 is 0. The summed E-state index contributed by atoms with van der Waals surface area (Å²) in [4.78, 5) is 11.6. The number of aliphatic carboxylic acids is 1. The Hall–Kier alpha value is -1.22. The minimum atomic E-state index is -0.798. The molecule has 0 radical (unpaired) electrons. The maximum absolute atomic E-state index is 11.6. The van der Waals surface area contributed by atoms with Crippen molar-refractivity contribution >= 4 is 23.3 Å². The van der Waals surface area contributed by atoms with E-state index in [1.165, 1.54) is 0 Å². The van der Waals surface area contributed by atoms with Crippen LogP contribution in [0, 0.1) is 11.8 Å². The van der Waals surface area contributed by atoms with Gasteiger partial charge in [-0.15, -0.1) is 0 Å². The molecule has 4 heteroatoms. The minimum Gasteiger partial charge on any atom is -0.481 e. The van der Waals surface area contributed by atoms with Crippen LogP contribution in [0.15, 0.2) is 18.2 Å². The lowest BCUT2D eigenvalue weighted by Gasteiger charge is -2.31. The normalized spacial score (nSPS) is 24.9. The van der Waals surface area contributed by atoms with Gasteiger partial charge >= 0.3 is 5.97 Å². The van der Waals surface area contributed by atoms with Crippen molar-refractivity contribution in [2.75, 3.05) is 5.73 Å². The molecule has 1 unspecified atom stereocenters. The Kier molecular flexibility index (Phi) is 4.35. The van der Waals surface area contributed by atoms with Gasteiger partial charge in [0.15, 0.2) is 0 Å². The summed E-state index contributed by atoms with van der Waals surface area (Å²) in [5, 5.41) is 10.00. The molecule has 1 atom stereocenters. The van der Waals surface area contributed by atoms with E-state index in [4.69, 9.17) is 17.3 Å². The number of hydrogen-bond donors (Lipinski definition) is 2. The van der Waals surface area contributed by atoms with Crippen LogP contribution in [0.2, 0.25) is 5.02 Å². The lowest BCUT2D eigenvalue weighted by molar-refractivity contribution is -0.140. The predicted octanol–water partition coefficient (Wildman–Crippen LogP) is 3.92. The Balaban J connectivity index is 2.30. The first-order chi connectivity index (χ1) is 9.00. The Bertz CT molecular complexity index is 467. The molecule has 3 nitrogen and oxygen atoms in total. The SMILES string of the molecule is CC1CCC(C(C(=O)O)c2cccc(Cl)c2N)CC1. The van der Waals surface area contributed by atoms with Gasteiger partial charge in [-0.1, -0.05) is 43.5 Å². The molecule has 2 rings (SSSR count). The van der Waals surface area contributed by atoms with E-state index in [1.807, 2.05) is 0 Å². The van der Waals surface area contributed by atoms with Crippen molar-refractivity contribution in [1.82, 2.24) is 0 Å². The monoisotopic (exact) mass is 281 g/mol. The topological polar surface area (TPSA) is 63.3 Å². The number of hydrogen-bond acceptors (Lipinski definition) is 2. The number of benzene rings is 1. The van der Waals surface area contributed by atoms with Crippen LogP contribution in [0.25, 0.3) is 0 Å². The van der Waals surface area contributed by atoms with Gasteiger partial charge in [-0.25, -0.2) is 0 Å². The summed E-state index contributed by atoms with van der Waals surface area (Å²) in [5.41, 5.74) is 7.04. The summed E-state index contributed by atoms with van der Waals surface area (Å²) in [6.07, 6.45) is 4.08. The first-order valence-electron chi connectivity index (χ1n) is 6.77. The zero-order valence-corrected chi connectivity index (χ0v) is 11.9. The molecule has 1 aliphatic rings. The Morgan fingerprint density at radius 2 is 2.00 bits per heavy atom. The molecular weight excluding hydrogens is 262 g/mol. The third-order valence-electron chi connectivity index (χ3n) is 4.22. The number of nitrogen functional groups attached to an aromatic ring is 1. The minimum absolute atomic E-state index is 0.162. The summed E-state index contributed by atoms with van der Waals surface area (Å²) in [6, 6.07) is 5.26. The van der Waals surface area contributed by atoms with Gasteiger partial charge in [0.05, 0.1) is 16.6 Å². The molecule has 0 aromatic heterocycles. The highest BCUT2D eigenvalue weighted by molar-refractivity contribution is 6.33. The van der Waals surface area contributed by atoms with Crippen molar-refractivity contribution in [1.29, 1.82) is 0 Å². The lowest BCUT2D eigenvalue weighted by Crippen LogP contribution is -2.26. The van der Waals surface area contributed by atoms with Crippen LogP contribution in [0.4, 0.5) is 5.69 Å². The molecule has 0 bridgehead atoms. The van der Waals surface area contributed by atoms with Crippen LogP contribution in [0.1, 0.15) is 44.1 Å². The number of nitrogens with two attached hydrogens (primary N) is 1. The highest BCUT2D eigenvalue weighted by Crippen LogP contribution is 2.41. The van der Waals surface area contributed by atoms with E-state index >= 15 is 0 Å². The van der Waals surface area contributed by atoms with E-state index in [2.05, 4.69) is 6.92 Å². The van der Waals surface area contributed by atoms with Gasteiger partial charge in [0.1, 0.15) is 0 Å². The Morgan fingerprint density at radius 1 is 1.37 bits per heavy atom. The smallest absolute Gasteiger partial charge is 0.311 e. The fourth-order valence-corrected chi connectivity index (χ4v) is 3.21. The number of carbonyl (C=O) groups is 1. The molecule has 0 saturated heterocycles. The first kappa shape index (κ1) is 14.2. The largest absolute Gasteiger partial charge is 0.481 e. The van der Waals surface area contributed by atoms with Crippen molar-refractivity contribution in [3.05, 3.63) is 28.8 Å². The van der Waals surface area contributed by atoms with E-state index in [9.17, 15) is 9.90 Å². The zero-order chi connectivity index (χ0) is 14.0. The van der Waals surface area contributed by atoms with E-state index < -0.39 is 11.9 Å². The Morgan fingerprint density at radius 3 is 2.58 bits per heavy atom. The van der Waals surface area contributed by atoms with Crippen molar-refractivity contribution < 1.29 is 9.90 Å². The van der Waals surface area contributed by atoms with E-state index in [1.54, 1.807) is 18.2 Å². The molecule has 1 aromatic carbocycles. The molecule has 0 heterocycles. The van der Waals surface area contributed by atoms with E-state index in [0.717, 1.165) is 25.7 Å². The molecule has 19 heavy (non-hydrogen) atoms. The van der Waals surface area contributed by atoms with Gasteiger partial charge in [-0.3, -0.25) is 4.79 Å². The van der Waals surface area contributed by atoms with Crippen molar-refractivity contribution in [3.63, 3.8) is 0 Å². The standard InChI is InChI=1S/C15H20ClNO2/c1-9-5-7-10(8-6-9)13(15(18)19)11-3-2-4-12(16)14(11)17/h2-4,9-10,13H,5-8,17H2,1H3,(H,18,19). The van der Waals surface area contributed by atoms with E-state index in [-0.39, 0.29) is 5.92 Å². The fourth-order valence-electron chi connectivity index (χ4n) is 3.03. The molecule has 1 aromatic rings. The third kappa shape index (κ3) is 3.03. The van der Waals surface area contributed by atoms with Crippen LogP contribution >= 0.6 is 11.6 Å². The third-order valence-corrected chi connectivity index (χ3v) is 4.55. The molecular formula is C15H20ClNO2. The molecule has 0 aliphatic heterocycles. The lowest BCUT2D eigenvalue weighted by atomic mass is 9.73. The summed E-state index contributed by atoms with van der Waals surface area (Å²) in [7, 11) is 0. The van der Waals surface area contributed by atoms with Gasteiger partial charge in [0.2, 0.25) is 0 Å². The summed E-state index contributed by atoms with van der Waals surface area (Å²) in [5.74, 6) is -0.475. The van der Waals surface area contributed by atoms with Gasteiger partial charge in [-0.2, -0.15) is 0 Å². The molecule has 1 aliphatic carbocycles. The van der Waals surface area contributed by atoms with Crippen molar-refractivity contribution in [2.45, 2.75) is 38.5 Å². The zero-order valence-electron chi connectivity index (χ0n) is 11.1. The number of anilines is 1. The summed E-state index contributed by atoms with van der Waals surface area (Å²) >= 11 is 6.01. The van der Waals surface area contributed by atoms with Crippen LogP contribution in [0.5, 0.6) is 0 Å². The van der Waals surface area contributed by atoms with Crippen LogP contribution in [0.3, 0.4) is 0 Å². The van der Waals surface area contributed by atoms with Gasteiger partial charge in [0.25, 0.3) is 0 Å². The van der Waals surface area contributed by atoms with E-state index in [0.29, 0.717) is 22.2 Å². The number of para-hydroxylation sites is 1. The second kappa shape index (κ2) is 5.83. The number of carboxylic acids is 1. The van der Waals surface area contributed by atoms with Crippen molar-refractivity contribution in [3.8, 4) is 0 Å². The summed E-state index contributed by atoms with van der Waals surface area (Å²) in [6.45, 7) is 2.22. The first-order valence-corrected chi connectivity index (χ1v) is 7.15. The van der Waals surface area contributed by atoms with Crippen LogP contribution in [-0.2, 0) is 4.79 Å². The number of halogens is 1. The molecule has 1 saturated carbocycles. The van der Waals surface area contributed by atoms with Gasteiger partial charge in [-0.05, 0) is 36.3 Å². The van der Waals surface area contributed by atoms with Crippen LogP contribution in [-0.4, -0.2) is 11.1 Å². The second-order valence-corrected chi connectivity index (χ2v) is 5.99. The average Bonchev–Trinajstić information content (AvgIpc) is 2.37. The second-order valence-electron chi connectivity index (χ2n) is 5.58. The molecule has 0 spiro atoms. The fraction of sp³-hybridized carbons (Fsp3) is 0.533. The highest BCUT2D eigenvalue weighted by Gasteiger charge is 2.33. The highest BCUT2D eigenvalue weighted by atomic mass is 35.5. The maximum atomic E-state index is 11.6. The van der Waals surface area contributed by atoms with Crippen molar-refractivity contribution in [2.24, 2.45) is 11.8 Å². The molecule has 104 valence electrons. The average molecular weight is 282 g/mol. The Labute approximate surface area is 118 Å².